The van der Waals surface area contributed by atoms with E-state index in [1.54, 1.807) is 0 Å². The average molecular weight is 287 g/mol. The maximum Gasteiger partial charge on any atom is 0.326 e. The van der Waals surface area contributed by atoms with Gasteiger partial charge >= 0.3 is 18.0 Å². The van der Waals surface area contributed by atoms with Gasteiger partial charge in [0.1, 0.15) is 6.04 Å². The Balaban J connectivity index is 0.000000204. The first kappa shape index (κ1) is 15.2. The number of primary amides is 1. The number of aliphatic carboxylic acids is 1. The molecule has 2 atom stereocenters. The molecule has 2 rings (SSSR count). The smallest absolute Gasteiger partial charge is 0.326 e. The maximum atomic E-state index is 10.7. The third-order valence-corrected chi connectivity index (χ3v) is 2.35. The van der Waals surface area contributed by atoms with Gasteiger partial charge in [0.25, 0.3) is 5.91 Å². The maximum absolute atomic E-state index is 10.7. The van der Waals surface area contributed by atoms with Gasteiger partial charge in [0.2, 0.25) is 5.91 Å². The predicted molar refractivity (Wildman–Crippen MR) is 62.0 cm³/mol. The number of rotatable bonds is 2. The van der Waals surface area contributed by atoms with Gasteiger partial charge in [0, 0.05) is 6.42 Å². The van der Waals surface area contributed by atoms with E-state index in [9.17, 15) is 24.0 Å². The average Bonchev–Trinajstić information content (AvgIpc) is 2.86. The number of carbonyl (C=O) groups excluding carboxylic acids is 4. The Morgan fingerprint density at radius 3 is 2.20 bits per heavy atom. The molecule has 110 valence electrons. The SMILES string of the molecule is NC(=O)NC1NC(=O)NC1=O.O=C1CCC(C(=O)O)N1. The summed E-state index contributed by atoms with van der Waals surface area (Å²) < 4.78 is 0. The highest BCUT2D eigenvalue weighted by atomic mass is 16.4. The number of imide groups is 1. The molecule has 0 bridgehead atoms. The molecule has 0 aromatic carbocycles. The highest BCUT2D eigenvalue weighted by molar-refractivity contribution is 6.05. The third-order valence-electron chi connectivity index (χ3n) is 2.35. The van der Waals surface area contributed by atoms with E-state index in [2.05, 4.69) is 10.6 Å². The number of urea groups is 2. The minimum atomic E-state index is -1.04. The van der Waals surface area contributed by atoms with Crippen molar-refractivity contribution in [1.29, 1.82) is 0 Å². The third kappa shape index (κ3) is 4.44. The van der Waals surface area contributed by atoms with Gasteiger partial charge < -0.3 is 26.8 Å². The summed E-state index contributed by atoms with van der Waals surface area (Å²) in [5.74, 6) is -1.72. The molecule has 6 amide bonds. The Labute approximate surface area is 112 Å². The number of hydrogen-bond donors (Lipinski definition) is 6. The van der Waals surface area contributed by atoms with Crippen LogP contribution in [-0.2, 0) is 14.4 Å². The van der Waals surface area contributed by atoms with E-state index < -0.39 is 36.1 Å². The predicted octanol–water partition coefficient (Wildman–Crippen LogP) is -2.83. The van der Waals surface area contributed by atoms with Crippen LogP contribution in [0.25, 0.3) is 0 Å². The second-order valence-corrected chi connectivity index (χ2v) is 3.90. The van der Waals surface area contributed by atoms with Crippen molar-refractivity contribution in [3.05, 3.63) is 0 Å². The molecule has 2 saturated heterocycles. The topological polar surface area (TPSA) is 180 Å². The lowest BCUT2D eigenvalue weighted by atomic mass is 10.2. The zero-order valence-corrected chi connectivity index (χ0v) is 10.1. The molecule has 2 unspecified atom stereocenters. The van der Waals surface area contributed by atoms with E-state index in [0.717, 1.165) is 0 Å². The molecule has 7 N–H and O–H groups in total. The summed E-state index contributed by atoms with van der Waals surface area (Å²) in [6.45, 7) is 0. The van der Waals surface area contributed by atoms with Crippen LogP contribution >= 0.6 is 0 Å². The zero-order chi connectivity index (χ0) is 15.3. The van der Waals surface area contributed by atoms with Crippen molar-refractivity contribution in [3.63, 3.8) is 0 Å². The molecule has 0 aromatic heterocycles. The number of carbonyl (C=O) groups is 5. The number of carboxylic acids is 1. The van der Waals surface area contributed by atoms with Gasteiger partial charge in [0.15, 0.2) is 6.17 Å². The van der Waals surface area contributed by atoms with Crippen LogP contribution in [0, 0.1) is 0 Å². The summed E-state index contributed by atoms with van der Waals surface area (Å²) in [6.07, 6.45) is -0.273. The number of hydrogen-bond acceptors (Lipinski definition) is 5. The first-order valence-electron chi connectivity index (χ1n) is 5.49. The van der Waals surface area contributed by atoms with E-state index in [0.29, 0.717) is 12.8 Å². The number of nitrogens with two attached hydrogens (primary N) is 1. The molecule has 2 aliphatic heterocycles. The van der Waals surface area contributed by atoms with E-state index >= 15 is 0 Å². The van der Waals surface area contributed by atoms with Crippen LogP contribution in [0.1, 0.15) is 12.8 Å². The molecule has 11 nitrogen and oxygen atoms in total. The van der Waals surface area contributed by atoms with Crippen molar-refractivity contribution in [2.75, 3.05) is 0 Å². The molecule has 11 heteroatoms. The molecule has 0 saturated carbocycles. The molecule has 0 aromatic rings. The molecule has 0 spiro atoms. The second kappa shape index (κ2) is 6.36. The summed E-state index contributed by atoms with van der Waals surface area (Å²) in [4.78, 5) is 51.8. The van der Waals surface area contributed by atoms with E-state index in [4.69, 9.17) is 10.8 Å². The molecule has 2 fully saturated rings. The molecular weight excluding hydrogens is 274 g/mol. The minimum absolute atomic E-state index is 0.164. The fourth-order valence-electron chi connectivity index (χ4n) is 1.46. The van der Waals surface area contributed by atoms with Crippen LogP contribution in [0.15, 0.2) is 0 Å². The second-order valence-electron chi connectivity index (χ2n) is 3.90. The standard InChI is InChI=1S/C5H7NO3.C4H6N4O3/c7-4-2-1-3(6-4)5(8)9;5-3(10)6-1-2(9)8-4(11)7-1/h3H,1-2H2,(H,6,7)(H,8,9);1H,(H3,5,6,10)(H2,7,8,9,11). The Morgan fingerprint density at radius 2 is 1.90 bits per heavy atom. The normalized spacial score (nSPS) is 23.9. The fraction of sp³-hybridized carbons (Fsp3) is 0.444. The lowest BCUT2D eigenvalue weighted by Gasteiger charge is -2.05. The van der Waals surface area contributed by atoms with Gasteiger partial charge in [0.05, 0.1) is 0 Å². The zero-order valence-electron chi connectivity index (χ0n) is 10.1. The first-order chi connectivity index (χ1) is 9.29. The molecule has 2 aliphatic rings. The van der Waals surface area contributed by atoms with Crippen molar-refractivity contribution < 1.29 is 29.1 Å². The quantitative estimate of drug-likeness (QED) is 0.298. The molecular formula is C9H13N5O6. The molecule has 0 radical (unpaired) electrons. The lowest BCUT2D eigenvalue weighted by Crippen LogP contribution is -2.48. The van der Waals surface area contributed by atoms with Crippen LogP contribution in [0.2, 0.25) is 0 Å². The van der Waals surface area contributed by atoms with Gasteiger partial charge in [-0.15, -0.1) is 0 Å². The highest BCUT2D eigenvalue weighted by Gasteiger charge is 2.29. The lowest BCUT2D eigenvalue weighted by molar-refractivity contribution is -0.140. The largest absolute Gasteiger partial charge is 0.480 e. The van der Waals surface area contributed by atoms with E-state index in [1.807, 2.05) is 10.6 Å². The number of carboxylic acid groups (broad SMARTS) is 1. The molecule has 20 heavy (non-hydrogen) atoms. The van der Waals surface area contributed by atoms with Gasteiger partial charge in [-0.25, -0.2) is 14.4 Å². The number of amides is 6. The van der Waals surface area contributed by atoms with Crippen molar-refractivity contribution in [1.82, 2.24) is 21.3 Å². The van der Waals surface area contributed by atoms with Gasteiger partial charge in [-0.3, -0.25) is 14.9 Å². The number of nitrogens with one attached hydrogen (secondary N) is 4. The Morgan fingerprint density at radius 1 is 1.25 bits per heavy atom. The van der Waals surface area contributed by atoms with Crippen molar-refractivity contribution in [3.8, 4) is 0 Å². The minimum Gasteiger partial charge on any atom is -0.480 e. The fourth-order valence-corrected chi connectivity index (χ4v) is 1.46. The highest BCUT2D eigenvalue weighted by Crippen LogP contribution is 2.05. The van der Waals surface area contributed by atoms with Crippen LogP contribution in [0.3, 0.4) is 0 Å². The first-order valence-corrected chi connectivity index (χ1v) is 5.49. The van der Waals surface area contributed by atoms with Crippen LogP contribution in [0.5, 0.6) is 0 Å². The van der Waals surface area contributed by atoms with Crippen LogP contribution in [0.4, 0.5) is 9.59 Å². The Bertz CT molecular complexity index is 464. The Kier molecular flexibility index (Phi) is 4.83. The van der Waals surface area contributed by atoms with Gasteiger partial charge in [-0.1, -0.05) is 0 Å². The van der Waals surface area contributed by atoms with Crippen LogP contribution < -0.4 is 27.0 Å². The van der Waals surface area contributed by atoms with Crippen molar-refractivity contribution in [2.45, 2.75) is 25.0 Å². The molecule has 0 aliphatic carbocycles. The van der Waals surface area contributed by atoms with Gasteiger partial charge in [-0.05, 0) is 6.42 Å². The Hall–Kier alpha value is -2.85. The van der Waals surface area contributed by atoms with Crippen molar-refractivity contribution in [2.24, 2.45) is 5.73 Å². The van der Waals surface area contributed by atoms with E-state index in [1.165, 1.54) is 0 Å². The van der Waals surface area contributed by atoms with Gasteiger partial charge in [-0.2, -0.15) is 0 Å². The summed E-state index contributed by atoms with van der Waals surface area (Å²) in [7, 11) is 0. The monoisotopic (exact) mass is 287 g/mol. The van der Waals surface area contributed by atoms with Crippen molar-refractivity contribution >= 4 is 29.8 Å². The van der Waals surface area contributed by atoms with E-state index in [-0.39, 0.29) is 5.91 Å². The summed E-state index contributed by atoms with van der Waals surface area (Å²) in [5, 5.41) is 16.7. The summed E-state index contributed by atoms with van der Waals surface area (Å²) >= 11 is 0. The molecule has 2 heterocycles. The summed E-state index contributed by atoms with van der Waals surface area (Å²) in [6, 6.07) is -2.15. The van der Waals surface area contributed by atoms with Crippen LogP contribution in [-0.4, -0.2) is 47.2 Å². The summed E-state index contributed by atoms with van der Waals surface area (Å²) in [5.41, 5.74) is 4.70.